The van der Waals surface area contributed by atoms with Crippen LogP contribution in [0.1, 0.15) is 53.1 Å². The van der Waals surface area contributed by atoms with Gasteiger partial charge in [0.15, 0.2) is 0 Å². The Balaban J connectivity index is 1.74. The number of fused-ring (bicyclic) bond motifs is 1. The highest BCUT2D eigenvalue weighted by Gasteiger charge is 2.27. The van der Waals surface area contributed by atoms with Gasteiger partial charge in [0.1, 0.15) is 28.6 Å². The second-order valence-electron chi connectivity index (χ2n) is 8.63. The Morgan fingerprint density at radius 3 is 2.32 bits per heavy atom. The number of furan rings is 1. The van der Waals surface area contributed by atoms with Crippen LogP contribution in [0.5, 0.6) is 17.2 Å². The zero-order valence-electron chi connectivity index (χ0n) is 22.2. The summed E-state index contributed by atoms with van der Waals surface area (Å²) >= 11 is 0. The highest BCUT2D eigenvalue weighted by molar-refractivity contribution is 6.08. The second kappa shape index (κ2) is 11.7. The zero-order chi connectivity index (χ0) is 27.2. The molecule has 3 aromatic rings. The third kappa shape index (κ3) is 5.44. The summed E-state index contributed by atoms with van der Waals surface area (Å²) in [4.78, 5) is 25.4. The number of hydrogen-bond donors (Lipinski definition) is 1. The first-order chi connectivity index (χ1) is 18.4. The van der Waals surface area contributed by atoms with Crippen molar-refractivity contribution >= 4 is 29.1 Å². The molecule has 198 valence electrons. The maximum Gasteiger partial charge on any atom is 0.345 e. The highest BCUT2D eigenvalue weighted by Crippen LogP contribution is 2.45. The Labute approximate surface area is 221 Å². The lowest BCUT2D eigenvalue weighted by atomic mass is 9.99. The normalized spacial score (nSPS) is 13.3. The molecule has 1 aromatic heterocycles. The molecule has 1 aliphatic carbocycles. The molecule has 8 nitrogen and oxygen atoms in total. The molecule has 0 radical (unpaired) electrons. The molecular formula is C30H31NO7. The van der Waals surface area contributed by atoms with E-state index in [4.69, 9.17) is 23.4 Å². The smallest absolute Gasteiger partial charge is 0.345 e. The predicted octanol–water partition coefficient (Wildman–Crippen LogP) is 5.52. The third-order valence-electron chi connectivity index (χ3n) is 6.39. The van der Waals surface area contributed by atoms with Crippen LogP contribution in [0.4, 0.5) is 0 Å². The number of methoxy groups -OCH3 is 3. The minimum absolute atomic E-state index is 0.118. The van der Waals surface area contributed by atoms with Gasteiger partial charge in [0.25, 0.3) is 0 Å². The number of hydrogen-bond acceptors (Lipinski definition) is 7. The fourth-order valence-electron chi connectivity index (χ4n) is 4.52. The van der Waals surface area contributed by atoms with Gasteiger partial charge >= 0.3 is 5.97 Å². The first kappa shape index (κ1) is 26.6. The van der Waals surface area contributed by atoms with E-state index in [-0.39, 0.29) is 24.5 Å². The summed E-state index contributed by atoms with van der Waals surface area (Å²) in [6.07, 6.45) is 3.76. The zero-order valence-corrected chi connectivity index (χ0v) is 22.2. The first-order valence-electron chi connectivity index (χ1n) is 12.2. The van der Waals surface area contributed by atoms with Crippen LogP contribution in [0.2, 0.25) is 0 Å². The molecule has 0 atom stereocenters. The van der Waals surface area contributed by atoms with Gasteiger partial charge in [-0.05, 0) is 89.7 Å². The maximum absolute atomic E-state index is 12.9. The molecule has 0 aliphatic heterocycles. The topological polar surface area (TPSA) is 96.2 Å². The van der Waals surface area contributed by atoms with Crippen molar-refractivity contribution < 1.29 is 33.0 Å². The largest absolute Gasteiger partial charge is 0.497 e. The van der Waals surface area contributed by atoms with E-state index in [2.05, 4.69) is 5.32 Å². The number of ether oxygens (including phenoxy) is 4. The Morgan fingerprint density at radius 1 is 0.974 bits per heavy atom. The van der Waals surface area contributed by atoms with E-state index in [0.29, 0.717) is 29.6 Å². The summed E-state index contributed by atoms with van der Waals surface area (Å²) in [7, 11) is 4.61. The molecule has 4 rings (SSSR count). The van der Waals surface area contributed by atoms with Crippen molar-refractivity contribution in [3.63, 3.8) is 0 Å². The van der Waals surface area contributed by atoms with Crippen LogP contribution in [-0.4, -0.2) is 39.8 Å². The summed E-state index contributed by atoms with van der Waals surface area (Å²) in [6, 6.07) is 13.0. The van der Waals surface area contributed by atoms with Crippen LogP contribution in [0.3, 0.4) is 0 Å². The molecule has 0 bridgehead atoms. The standard InChI is InChI=1S/C30H31NO7/c1-6-37-30(33)29-26(35-4)13-19(14-27(29)36-5)12-23-18(2)24(25-15-20(34-3)9-10-22(23)25)16-28(32)31-17-21-8-7-11-38-21/h7-15H,6,16-17H2,1-5H3,(H,31,32). The van der Waals surface area contributed by atoms with E-state index in [1.54, 1.807) is 38.5 Å². The lowest BCUT2D eigenvalue weighted by Gasteiger charge is -2.14. The Morgan fingerprint density at radius 2 is 1.71 bits per heavy atom. The lowest BCUT2D eigenvalue weighted by molar-refractivity contribution is -0.120. The van der Waals surface area contributed by atoms with Crippen LogP contribution < -0.4 is 19.5 Å². The van der Waals surface area contributed by atoms with E-state index in [1.807, 2.05) is 37.3 Å². The number of amides is 1. The highest BCUT2D eigenvalue weighted by atomic mass is 16.5. The molecule has 0 unspecified atom stereocenters. The molecule has 8 heteroatoms. The van der Waals surface area contributed by atoms with E-state index < -0.39 is 5.97 Å². The Bertz CT molecular complexity index is 1370. The number of nitrogens with one attached hydrogen (secondary N) is 1. The molecular weight excluding hydrogens is 486 g/mol. The molecule has 1 aliphatic rings. The van der Waals surface area contributed by atoms with Gasteiger partial charge in [0, 0.05) is 0 Å². The quantitative estimate of drug-likeness (QED) is 0.354. The van der Waals surface area contributed by atoms with E-state index in [0.717, 1.165) is 33.4 Å². The van der Waals surface area contributed by atoms with Crippen molar-refractivity contribution in [3.05, 3.63) is 82.3 Å². The van der Waals surface area contributed by atoms with Crippen LogP contribution >= 0.6 is 0 Å². The number of carbonyl (C=O) groups is 2. The lowest BCUT2D eigenvalue weighted by Crippen LogP contribution is -2.22. The molecule has 0 spiro atoms. The second-order valence-corrected chi connectivity index (χ2v) is 8.63. The summed E-state index contributed by atoms with van der Waals surface area (Å²) < 4.78 is 27.0. The summed E-state index contributed by atoms with van der Waals surface area (Å²) in [5.74, 6) is 1.45. The van der Waals surface area contributed by atoms with Crippen molar-refractivity contribution in [1.82, 2.24) is 5.32 Å². The molecule has 1 N–H and O–H groups in total. The molecule has 0 saturated heterocycles. The molecule has 1 heterocycles. The monoisotopic (exact) mass is 517 g/mol. The predicted molar refractivity (Wildman–Crippen MR) is 144 cm³/mol. The molecule has 1 amide bonds. The summed E-state index contributed by atoms with van der Waals surface area (Å²) in [5.41, 5.74) is 5.73. The fourth-order valence-corrected chi connectivity index (χ4v) is 4.52. The van der Waals surface area contributed by atoms with E-state index in [1.165, 1.54) is 14.2 Å². The van der Waals surface area contributed by atoms with Crippen molar-refractivity contribution in [2.45, 2.75) is 26.8 Å². The van der Waals surface area contributed by atoms with Gasteiger partial charge < -0.3 is 28.7 Å². The first-order valence-corrected chi connectivity index (χ1v) is 12.2. The SMILES string of the molecule is CCOC(=O)c1c(OC)cc(C=C2C(C)=C(CC(=O)NCc3ccco3)c3cc(OC)ccc32)cc1OC. The minimum atomic E-state index is -0.516. The van der Waals surface area contributed by atoms with E-state index >= 15 is 0 Å². The van der Waals surface area contributed by atoms with Crippen LogP contribution in [-0.2, 0) is 16.1 Å². The number of benzene rings is 2. The van der Waals surface area contributed by atoms with Crippen LogP contribution in [0, 0.1) is 0 Å². The Hall–Kier alpha value is -4.46. The van der Waals surface area contributed by atoms with Gasteiger partial charge in [-0.15, -0.1) is 0 Å². The van der Waals surface area contributed by atoms with Gasteiger partial charge in [-0.2, -0.15) is 0 Å². The number of carbonyl (C=O) groups excluding carboxylic acids is 2. The average Bonchev–Trinajstić information content (AvgIpc) is 3.54. The van der Waals surface area contributed by atoms with Crippen molar-refractivity contribution in [3.8, 4) is 17.2 Å². The maximum atomic E-state index is 12.9. The molecule has 0 saturated carbocycles. The fraction of sp³-hybridized carbons (Fsp3) is 0.267. The number of esters is 1. The third-order valence-corrected chi connectivity index (χ3v) is 6.39. The van der Waals surface area contributed by atoms with Crippen molar-refractivity contribution in [1.29, 1.82) is 0 Å². The summed E-state index contributed by atoms with van der Waals surface area (Å²) in [6.45, 7) is 4.29. The number of rotatable bonds is 10. The Kier molecular flexibility index (Phi) is 8.21. The van der Waals surface area contributed by atoms with Crippen LogP contribution in [0.25, 0.3) is 17.2 Å². The number of allylic oxidation sites excluding steroid dienone is 2. The molecule has 0 fully saturated rings. The van der Waals surface area contributed by atoms with E-state index in [9.17, 15) is 9.59 Å². The van der Waals surface area contributed by atoms with Gasteiger partial charge in [0.2, 0.25) is 5.91 Å². The van der Waals surface area contributed by atoms with Crippen molar-refractivity contribution in [2.24, 2.45) is 0 Å². The van der Waals surface area contributed by atoms with Crippen molar-refractivity contribution in [2.75, 3.05) is 27.9 Å². The average molecular weight is 518 g/mol. The molecule has 38 heavy (non-hydrogen) atoms. The van der Waals surface area contributed by atoms with Gasteiger partial charge in [-0.3, -0.25) is 4.79 Å². The van der Waals surface area contributed by atoms with Gasteiger partial charge in [0.05, 0.1) is 47.2 Å². The molecule has 2 aromatic carbocycles. The van der Waals surface area contributed by atoms with Gasteiger partial charge in [-0.1, -0.05) is 6.07 Å². The minimum Gasteiger partial charge on any atom is -0.497 e. The van der Waals surface area contributed by atoms with Gasteiger partial charge in [-0.25, -0.2) is 4.79 Å². The summed E-state index contributed by atoms with van der Waals surface area (Å²) in [5, 5.41) is 2.92. The van der Waals surface area contributed by atoms with Crippen LogP contribution in [0.15, 0.2) is 58.7 Å².